The van der Waals surface area contributed by atoms with Gasteiger partial charge in [-0.05, 0) is 39.6 Å². The first-order valence-corrected chi connectivity index (χ1v) is 7.96. The first-order valence-electron chi connectivity index (χ1n) is 7.96. The van der Waals surface area contributed by atoms with Gasteiger partial charge in [-0.2, -0.15) is 0 Å². The maximum absolute atomic E-state index is 12.7. The van der Waals surface area contributed by atoms with Crippen molar-refractivity contribution in [3.05, 3.63) is 40.4 Å². The molecule has 5 heteroatoms. The number of rotatable bonds is 7. The quantitative estimate of drug-likeness (QED) is 0.850. The monoisotopic (exact) mass is 302 g/mol. The minimum Gasteiger partial charge on any atom is -0.308 e. The van der Waals surface area contributed by atoms with Crippen LogP contribution >= 0.6 is 0 Å². The van der Waals surface area contributed by atoms with Crippen molar-refractivity contribution in [2.45, 2.75) is 32.9 Å². The lowest BCUT2D eigenvalue weighted by molar-refractivity contribution is 0.373. The Kier molecular flexibility index (Phi) is 5.69. The highest BCUT2D eigenvalue weighted by Crippen LogP contribution is 2.16. The van der Waals surface area contributed by atoms with Crippen molar-refractivity contribution in [1.82, 2.24) is 19.8 Å². The van der Waals surface area contributed by atoms with Crippen molar-refractivity contribution in [3.63, 3.8) is 0 Å². The van der Waals surface area contributed by atoms with Gasteiger partial charge >= 0.3 is 0 Å². The minimum atomic E-state index is 0.0518. The molecule has 0 saturated heterocycles. The van der Waals surface area contributed by atoms with Gasteiger partial charge < -0.3 is 10.2 Å². The molecular weight excluding hydrogens is 276 g/mol. The van der Waals surface area contributed by atoms with E-state index in [1.54, 1.807) is 4.57 Å². The van der Waals surface area contributed by atoms with E-state index in [0.29, 0.717) is 11.9 Å². The second-order valence-corrected chi connectivity index (χ2v) is 5.75. The van der Waals surface area contributed by atoms with Crippen LogP contribution in [0.25, 0.3) is 10.9 Å². The number of nitrogens with one attached hydrogen (secondary N) is 1. The van der Waals surface area contributed by atoms with Crippen LogP contribution in [0.2, 0.25) is 0 Å². The standard InChI is InChI=1S/C17H26N4O/c1-5-14(18-11-12-20(3)4)16-19-15-10-8-7-9-13(15)17(22)21(16)6-2/h7-10,14,18H,5-6,11-12H2,1-4H3/t14-/m1/s1. The number of hydrogen-bond acceptors (Lipinski definition) is 4. The zero-order valence-corrected chi connectivity index (χ0v) is 14.0. The summed E-state index contributed by atoms with van der Waals surface area (Å²) in [5, 5.41) is 4.21. The van der Waals surface area contributed by atoms with Gasteiger partial charge in [0.25, 0.3) is 5.56 Å². The molecular formula is C17H26N4O. The molecule has 0 saturated carbocycles. The molecule has 1 aromatic heterocycles. The molecule has 0 aliphatic rings. The van der Waals surface area contributed by atoms with Crippen LogP contribution in [0.15, 0.2) is 29.1 Å². The number of likely N-dealkylation sites (N-methyl/N-ethyl adjacent to an activating group) is 1. The third-order valence-electron chi connectivity index (χ3n) is 3.88. The Labute approximate surface area is 132 Å². The Balaban J connectivity index is 2.41. The van der Waals surface area contributed by atoms with E-state index in [1.807, 2.05) is 31.2 Å². The van der Waals surface area contributed by atoms with E-state index in [4.69, 9.17) is 4.98 Å². The van der Waals surface area contributed by atoms with Crippen LogP contribution in [-0.2, 0) is 6.54 Å². The number of para-hydroxylation sites is 1. The predicted octanol–water partition coefficient (Wildman–Crippen LogP) is 2.02. The fraction of sp³-hybridized carbons (Fsp3) is 0.529. The SMILES string of the molecule is CC[C@@H](NCCN(C)C)c1nc2ccccc2c(=O)n1CC. The van der Waals surface area contributed by atoms with Gasteiger partial charge in [-0.25, -0.2) is 4.98 Å². The summed E-state index contributed by atoms with van der Waals surface area (Å²) in [5.41, 5.74) is 0.830. The molecule has 0 spiro atoms. The molecule has 0 fully saturated rings. The van der Waals surface area contributed by atoms with Crippen molar-refractivity contribution < 1.29 is 0 Å². The van der Waals surface area contributed by atoms with Gasteiger partial charge in [0, 0.05) is 19.6 Å². The smallest absolute Gasteiger partial charge is 0.261 e. The first-order chi connectivity index (χ1) is 10.6. The van der Waals surface area contributed by atoms with Crippen molar-refractivity contribution in [2.24, 2.45) is 0 Å². The van der Waals surface area contributed by atoms with E-state index in [0.717, 1.165) is 30.9 Å². The zero-order chi connectivity index (χ0) is 16.1. The molecule has 22 heavy (non-hydrogen) atoms. The van der Waals surface area contributed by atoms with Crippen LogP contribution in [0, 0.1) is 0 Å². The topological polar surface area (TPSA) is 50.2 Å². The van der Waals surface area contributed by atoms with E-state index in [9.17, 15) is 4.79 Å². The first kappa shape index (κ1) is 16.6. The van der Waals surface area contributed by atoms with Gasteiger partial charge in [-0.3, -0.25) is 9.36 Å². The van der Waals surface area contributed by atoms with Gasteiger partial charge in [0.2, 0.25) is 0 Å². The molecule has 0 aliphatic carbocycles. The Morgan fingerprint density at radius 1 is 1.27 bits per heavy atom. The number of fused-ring (bicyclic) bond motifs is 1. The van der Waals surface area contributed by atoms with Gasteiger partial charge in [-0.15, -0.1) is 0 Å². The zero-order valence-electron chi connectivity index (χ0n) is 14.0. The van der Waals surface area contributed by atoms with Crippen LogP contribution in [0.5, 0.6) is 0 Å². The number of nitrogens with zero attached hydrogens (tertiary/aromatic N) is 3. The van der Waals surface area contributed by atoms with Crippen LogP contribution in [0.1, 0.15) is 32.1 Å². The van der Waals surface area contributed by atoms with E-state index < -0.39 is 0 Å². The van der Waals surface area contributed by atoms with Gasteiger partial charge in [0.15, 0.2) is 0 Å². The van der Waals surface area contributed by atoms with Crippen molar-refractivity contribution >= 4 is 10.9 Å². The molecule has 120 valence electrons. The molecule has 1 aromatic carbocycles. The molecule has 0 unspecified atom stereocenters. The summed E-state index contributed by atoms with van der Waals surface area (Å²) in [6, 6.07) is 7.66. The highest BCUT2D eigenvalue weighted by molar-refractivity contribution is 5.77. The summed E-state index contributed by atoms with van der Waals surface area (Å²) >= 11 is 0. The largest absolute Gasteiger partial charge is 0.308 e. The summed E-state index contributed by atoms with van der Waals surface area (Å²) < 4.78 is 1.79. The molecule has 1 heterocycles. The molecule has 1 atom stereocenters. The minimum absolute atomic E-state index is 0.0518. The summed E-state index contributed by atoms with van der Waals surface area (Å²) in [7, 11) is 4.11. The van der Waals surface area contributed by atoms with E-state index in [2.05, 4.69) is 31.2 Å². The highest BCUT2D eigenvalue weighted by atomic mass is 16.1. The third kappa shape index (κ3) is 3.54. The highest BCUT2D eigenvalue weighted by Gasteiger charge is 2.17. The predicted molar refractivity (Wildman–Crippen MR) is 91.3 cm³/mol. The maximum Gasteiger partial charge on any atom is 0.261 e. The molecule has 0 bridgehead atoms. The number of aromatic nitrogens is 2. The van der Waals surface area contributed by atoms with Crippen LogP contribution < -0.4 is 10.9 Å². The molecule has 1 N–H and O–H groups in total. The molecule has 2 rings (SSSR count). The Bertz CT molecular complexity index is 678. The van der Waals surface area contributed by atoms with E-state index in [1.165, 1.54) is 0 Å². The molecule has 2 aromatic rings. The Hall–Kier alpha value is -1.72. The van der Waals surface area contributed by atoms with Crippen LogP contribution in [0.4, 0.5) is 0 Å². The fourth-order valence-electron chi connectivity index (χ4n) is 2.64. The van der Waals surface area contributed by atoms with E-state index in [-0.39, 0.29) is 11.6 Å². The summed E-state index contributed by atoms with van der Waals surface area (Å²) in [5.74, 6) is 0.840. The molecule has 0 radical (unpaired) electrons. The van der Waals surface area contributed by atoms with Gasteiger partial charge in [0.1, 0.15) is 5.82 Å². The summed E-state index contributed by atoms with van der Waals surface area (Å²) in [6.07, 6.45) is 0.901. The lowest BCUT2D eigenvalue weighted by atomic mass is 10.1. The van der Waals surface area contributed by atoms with Crippen LogP contribution in [0.3, 0.4) is 0 Å². The summed E-state index contributed by atoms with van der Waals surface area (Å²) in [4.78, 5) is 19.6. The average Bonchev–Trinajstić information content (AvgIpc) is 2.51. The molecule has 5 nitrogen and oxygen atoms in total. The van der Waals surface area contributed by atoms with Gasteiger partial charge in [-0.1, -0.05) is 19.1 Å². The summed E-state index contributed by atoms with van der Waals surface area (Å²) in [6.45, 7) is 6.58. The van der Waals surface area contributed by atoms with Crippen molar-refractivity contribution in [2.75, 3.05) is 27.2 Å². The Morgan fingerprint density at radius 3 is 2.64 bits per heavy atom. The van der Waals surface area contributed by atoms with Crippen molar-refractivity contribution in [3.8, 4) is 0 Å². The Morgan fingerprint density at radius 2 is 2.00 bits per heavy atom. The van der Waals surface area contributed by atoms with E-state index >= 15 is 0 Å². The maximum atomic E-state index is 12.7. The average molecular weight is 302 g/mol. The number of benzene rings is 1. The second-order valence-electron chi connectivity index (χ2n) is 5.75. The van der Waals surface area contributed by atoms with Crippen LogP contribution in [-0.4, -0.2) is 41.6 Å². The second kappa shape index (κ2) is 7.51. The fourth-order valence-corrected chi connectivity index (χ4v) is 2.64. The normalized spacial score (nSPS) is 13.0. The molecule has 0 amide bonds. The lowest BCUT2D eigenvalue weighted by Gasteiger charge is -2.22. The molecule has 0 aliphatic heterocycles. The number of hydrogen-bond donors (Lipinski definition) is 1. The lowest BCUT2D eigenvalue weighted by Crippen LogP contribution is -2.34. The van der Waals surface area contributed by atoms with Gasteiger partial charge in [0.05, 0.1) is 16.9 Å². The van der Waals surface area contributed by atoms with Crippen molar-refractivity contribution in [1.29, 1.82) is 0 Å². The third-order valence-corrected chi connectivity index (χ3v) is 3.88.